The summed E-state index contributed by atoms with van der Waals surface area (Å²) in [6.45, 7) is 6.14. The summed E-state index contributed by atoms with van der Waals surface area (Å²) in [6.07, 6.45) is 1.00. The molecule has 2 unspecified atom stereocenters. The van der Waals surface area contributed by atoms with E-state index in [2.05, 4.69) is 34.3 Å². The van der Waals surface area contributed by atoms with E-state index < -0.39 is 0 Å². The number of carbonyl (C=O) groups is 1. The standard InChI is InChI=1S/C19H23N3O2/c1-14-11-16(20-24-14)13-21-7-9-22(10-8-21)19(23)18-12-17(18)15-5-3-2-4-6-15/h2-6,11,17-18H,7-10,12-13H2,1H3. The lowest BCUT2D eigenvalue weighted by Crippen LogP contribution is -2.48. The monoisotopic (exact) mass is 325 g/mol. The third-order valence-corrected chi connectivity index (χ3v) is 5.08. The largest absolute Gasteiger partial charge is 0.361 e. The van der Waals surface area contributed by atoms with Crippen molar-refractivity contribution in [3.8, 4) is 0 Å². The molecule has 24 heavy (non-hydrogen) atoms. The van der Waals surface area contributed by atoms with Gasteiger partial charge in [-0.3, -0.25) is 9.69 Å². The summed E-state index contributed by atoms with van der Waals surface area (Å²) < 4.78 is 5.12. The summed E-state index contributed by atoms with van der Waals surface area (Å²) in [5.41, 5.74) is 2.27. The molecule has 0 spiro atoms. The Hall–Kier alpha value is -2.14. The molecule has 1 aliphatic carbocycles. The first-order valence-corrected chi connectivity index (χ1v) is 8.69. The summed E-state index contributed by atoms with van der Waals surface area (Å²) in [7, 11) is 0. The van der Waals surface area contributed by atoms with E-state index in [4.69, 9.17) is 4.52 Å². The molecular weight excluding hydrogens is 302 g/mol. The van der Waals surface area contributed by atoms with Gasteiger partial charge in [-0.25, -0.2) is 0 Å². The van der Waals surface area contributed by atoms with Gasteiger partial charge in [0.05, 0.1) is 5.69 Å². The molecule has 0 N–H and O–H groups in total. The molecule has 2 atom stereocenters. The number of aryl methyl sites for hydroxylation is 1. The molecule has 2 fully saturated rings. The van der Waals surface area contributed by atoms with Gasteiger partial charge in [-0.15, -0.1) is 0 Å². The molecule has 1 saturated carbocycles. The van der Waals surface area contributed by atoms with E-state index in [1.807, 2.05) is 24.0 Å². The fraction of sp³-hybridized carbons (Fsp3) is 0.474. The van der Waals surface area contributed by atoms with Crippen molar-refractivity contribution in [3.63, 3.8) is 0 Å². The van der Waals surface area contributed by atoms with E-state index in [1.54, 1.807) is 0 Å². The Morgan fingerprint density at radius 1 is 1.21 bits per heavy atom. The lowest BCUT2D eigenvalue weighted by molar-refractivity contribution is -0.134. The third kappa shape index (κ3) is 3.22. The molecule has 1 amide bonds. The fourth-order valence-corrected chi connectivity index (χ4v) is 3.62. The van der Waals surface area contributed by atoms with Gasteiger partial charge in [-0.1, -0.05) is 35.5 Å². The van der Waals surface area contributed by atoms with Crippen molar-refractivity contribution in [2.24, 2.45) is 5.92 Å². The van der Waals surface area contributed by atoms with Gasteiger partial charge in [0.2, 0.25) is 5.91 Å². The van der Waals surface area contributed by atoms with Crippen LogP contribution >= 0.6 is 0 Å². The molecule has 126 valence electrons. The van der Waals surface area contributed by atoms with Crippen LogP contribution in [0.5, 0.6) is 0 Å². The predicted octanol–water partition coefficient (Wildman–Crippen LogP) is 2.43. The summed E-state index contributed by atoms with van der Waals surface area (Å²) >= 11 is 0. The van der Waals surface area contributed by atoms with Gasteiger partial charge in [0.1, 0.15) is 5.76 Å². The zero-order chi connectivity index (χ0) is 16.5. The van der Waals surface area contributed by atoms with Crippen molar-refractivity contribution in [2.45, 2.75) is 25.8 Å². The average Bonchev–Trinajstić information content (AvgIpc) is 3.32. The second kappa shape index (κ2) is 6.40. The summed E-state index contributed by atoms with van der Waals surface area (Å²) in [5, 5.41) is 4.05. The molecule has 0 bridgehead atoms. The number of benzene rings is 1. The average molecular weight is 325 g/mol. The van der Waals surface area contributed by atoms with Gasteiger partial charge in [-0.05, 0) is 24.8 Å². The molecular formula is C19H23N3O2. The number of amides is 1. The molecule has 2 heterocycles. The van der Waals surface area contributed by atoms with Crippen LogP contribution in [0.1, 0.15) is 29.4 Å². The van der Waals surface area contributed by atoms with E-state index in [0.717, 1.165) is 50.6 Å². The maximum Gasteiger partial charge on any atom is 0.226 e. The fourth-order valence-electron chi connectivity index (χ4n) is 3.62. The quantitative estimate of drug-likeness (QED) is 0.866. The van der Waals surface area contributed by atoms with E-state index in [1.165, 1.54) is 5.56 Å². The van der Waals surface area contributed by atoms with Crippen molar-refractivity contribution >= 4 is 5.91 Å². The summed E-state index contributed by atoms with van der Waals surface area (Å²) in [5.74, 6) is 1.80. The number of piperazine rings is 1. The molecule has 0 radical (unpaired) electrons. The Balaban J connectivity index is 1.28. The summed E-state index contributed by atoms with van der Waals surface area (Å²) in [4.78, 5) is 17.1. The van der Waals surface area contributed by atoms with E-state index in [-0.39, 0.29) is 5.92 Å². The minimum absolute atomic E-state index is 0.192. The molecule has 4 rings (SSSR count). The highest BCUT2D eigenvalue weighted by molar-refractivity contribution is 5.83. The minimum Gasteiger partial charge on any atom is -0.361 e. The summed E-state index contributed by atoms with van der Waals surface area (Å²) in [6, 6.07) is 12.4. The molecule has 2 aliphatic rings. The highest BCUT2D eigenvalue weighted by atomic mass is 16.5. The Bertz CT molecular complexity index is 704. The second-order valence-corrected chi connectivity index (χ2v) is 6.89. The van der Waals surface area contributed by atoms with Crippen LogP contribution in [-0.4, -0.2) is 47.0 Å². The number of hydrogen-bond acceptors (Lipinski definition) is 4. The topological polar surface area (TPSA) is 49.6 Å². The normalized spacial score (nSPS) is 24.1. The van der Waals surface area contributed by atoms with Crippen LogP contribution in [0.2, 0.25) is 0 Å². The first-order valence-electron chi connectivity index (χ1n) is 8.69. The smallest absolute Gasteiger partial charge is 0.226 e. The number of aromatic nitrogens is 1. The van der Waals surface area contributed by atoms with Crippen LogP contribution in [0.3, 0.4) is 0 Å². The highest BCUT2D eigenvalue weighted by Crippen LogP contribution is 2.48. The zero-order valence-electron chi connectivity index (χ0n) is 14.0. The number of rotatable bonds is 4. The van der Waals surface area contributed by atoms with E-state index in [9.17, 15) is 4.79 Å². The molecule has 5 nitrogen and oxygen atoms in total. The van der Waals surface area contributed by atoms with Crippen molar-refractivity contribution < 1.29 is 9.32 Å². The van der Waals surface area contributed by atoms with Gasteiger partial charge < -0.3 is 9.42 Å². The lowest BCUT2D eigenvalue weighted by atomic mass is 10.1. The Morgan fingerprint density at radius 2 is 1.96 bits per heavy atom. The SMILES string of the molecule is Cc1cc(CN2CCN(C(=O)C3CC3c3ccccc3)CC2)no1. The van der Waals surface area contributed by atoms with E-state index >= 15 is 0 Å². The first-order chi connectivity index (χ1) is 11.7. The first kappa shape index (κ1) is 15.4. The van der Waals surface area contributed by atoms with Crippen LogP contribution in [0.15, 0.2) is 40.9 Å². The van der Waals surface area contributed by atoms with Crippen molar-refractivity contribution in [1.29, 1.82) is 0 Å². The van der Waals surface area contributed by atoms with E-state index in [0.29, 0.717) is 11.8 Å². The van der Waals surface area contributed by atoms with Gasteiger partial charge in [0.15, 0.2) is 0 Å². The lowest BCUT2D eigenvalue weighted by Gasteiger charge is -2.34. The maximum atomic E-state index is 12.7. The number of nitrogens with zero attached hydrogens (tertiary/aromatic N) is 3. The van der Waals surface area contributed by atoms with Gasteiger partial charge in [0.25, 0.3) is 0 Å². The van der Waals surface area contributed by atoms with Crippen LogP contribution in [0, 0.1) is 12.8 Å². The molecule has 2 aromatic rings. The van der Waals surface area contributed by atoms with Crippen molar-refractivity contribution in [3.05, 3.63) is 53.4 Å². The minimum atomic E-state index is 0.192. The Labute approximate surface area is 142 Å². The van der Waals surface area contributed by atoms with Crippen LogP contribution in [-0.2, 0) is 11.3 Å². The number of hydrogen-bond donors (Lipinski definition) is 0. The zero-order valence-corrected chi connectivity index (χ0v) is 14.0. The van der Waals surface area contributed by atoms with Crippen molar-refractivity contribution in [1.82, 2.24) is 15.0 Å². The number of carbonyl (C=O) groups excluding carboxylic acids is 1. The van der Waals surface area contributed by atoms with Crippen LogP contribution in [0.25, 0.3) is 0 Å². The maximum absolute atomic E-state index is 12.7. The molecule has 1 aromatic carbocycles. The second-order valence-electron chi connectivity index (χ2n) is 6.89. The molecule has 5 heteroatoms. The third-order valence-electron chi connectivity index (χ3n) is 5.08. The molecule has 1 aromatic heterocycles. The van der Waals surface area contributed by atoms with Gasteiger partial charge >= 0.3 is 0 Å². The van der Waals surface area contributed by atoms with Gasteiger partial charge in [-0.2, -0.15) is 0 Å². The highest BCUT2D eigenvalue weighted by Gasteiger charge is 2.45. The Morgan fingerprint density at radius 3 is 2.62 bits per heavy atom. The van der Waals surface area contributed by atoms with Crippen molar-refractivity contribution in [2.75, 3.05) is 26.2 Å². The Kier molecular flexibility index (Phi) is 4.10. The van der Waals surface area contributed by atoms with Gasteiger partial charge in [0, 0.05) is 44.7 Å². The molecule has 1 aliphatic heterocycles. The van der Waals surface area contributed by atoms with Crippen LogP contribution in [0.4, 0.5) is 0 Å². The van der Waals surface area contributed by atoms with Crippen LogP contribution < -0.4 is 0 Å². The molecule has 1 saturated heterocycles. The predicted molar refractivity (Wildman–Crippen MR) is 90.4 cm³/mol.